The SMILES string of the molecule is CC(C)c1ccc(N(C)N=C(c2ccccc2Cl)n2ccnc2)cc1. The lowest BCUT2D eigenvalue weighted by molar-refractivity contribution is 0.865. The van der Waals surface area contributed by atoms with E-state index in [2.05, 4.69) is 43.1 Å². The second-order valence-corrected chi connectivity index (χ2v) is 6.55. The zero-order valence-corrected chi connectivity index (χ0v) is 15.4. The Hall–Kier alpha value is -2.59. The van der Waals surface area contributed by atoms with Gasteiger partial charge in [-0.25, -0.2) is 4.98 Å². The lowest BCUT2D eigenvalue weighted by Gasteiger charge is -2.18. The Kier molecular flexibility index (Phi) is 5.19. The predicted octanol–water partition coefficient (Wildman–Crippen LogP) is 5.01. The van der Waals surface area contributed by atoms with E-state index in [9.17, 15) is 0 Å². The van der Waals surface area contributed by atoms with Crippen LogP contribution in [0.3, 0.4) is 0 Å². The molecule has 0 bridgehead atoms. The van der Waals surface area contributed by atoms with E-state index in [1.54, 1.807) is 12.5 Å². The molecular weight excluding hydrogens is 332 g/mol. The van der Waals surface area contributed by atoms with Gasteiger partial charge in [-0.05, 0) is 35.7 Å². The molecule has 5 heteroatoms. The Bertz CT molecular complexity index is 852. The van der Waals surface area contributed by atoms with Gasteiger partial charge in [-0.15, -0.1) is 0 Å². The first-order chi connectivity index (χ1) is 12.1. The zero-order chi connectivity index (χ0) is 17.8. The van der Waals surface area contributed by atoms with Gasteiger partial charge in [0.15, 0.2) is 5.84 Å². The van der Waals surface area contributed by atoms with Crippen molar-refractivity contribution in [3.05, 3.63) is 83.4 Å². The molecule has 3 aromatic rings. The molecular formula is C20H21ClN4. The largest absolute Gasteiger partial charge is 0.289 e. The summed E-state index contributed by atoms with van der Waals surface area (Å²) < 4.78 is 1.86. The Morgan fingerprint density at radius 3 is 2.44 bits per heavy atom. The number of rotatable bonds is 4. The Morgan fingerprint density at radius 2 is 1.84 bits per heavy atom. The molecule has 0 amide bonds. The summed E-state index contributed by atoms with van der Waals surface area (Å²) in [6.07, 6.45) is 5.31. The van der Waals surface area contributed by atoms with Crippen molar-refractivity contribution >= 4 is 23.1 Å². The number of benzene rings is 2. The molecule has 0 atom stereocenters. The molecule has 25 heavy (non-hydrogen) atoms. The molecule has 0 unspecified atom stereocenters. The Balaban J connectivity index is 1.99. The summed E-state index contributed by atoms with van der Waals surface area (Å²) in [6, 6.07) is 16.1. The molecule has 128 valence electrons. The second kappa shape index (κ2) is 7.53. The number of nitrogens with zero attached hydrogens (tertiary/aromatic N) is 4. The van der Waals surface area contributed by atoms with Crippen molar-refractivity contribution in [1.29, 1.82) is 0 Å². The van der Waals surface area contributed by atoms with E-state index in [4.69, 9.17) is 16.7 Å². The van der Waals surface area contributed by atoms with Gasteiger partial charge in [0.1, 0.15) is 6.33 Å². The molecule has 1 aromatic heterocycles. The Labute approximate surface area is 153 Å². The number of halogens is 1. The monoisotopic (exact) mass is 352 g/mol. The van der Waals surface area contributed by atoms with Crippen molar-refractivity contribution in [1.82, 2.24) is 9.55 Å². The van der Waals surface area contributed by atoms with Crippen molar-refractivity contribution in [2.24, 2.45) is 5.10 Å². The van der Waals surface area contributed by atoms with E-state index in [1.165, 1.54) is 5.56 Å². The van der Waals surface area contributed by atoms with Gasteiger partial charge < -0.3 is 0 Å². The van der Waals surface area contributed by atoms with Gasteiger partial charge in [-0.2, -0.15) is 5.10 Å². The molecule has 0 saturated heterocycles. The molecule has 0 aliphatic heterocycles. The summed E-state index contributed by atoms with van der Waals surface area (Å²) in [6.45, 7) is 4.37. The summed E-state index contributed by atoms with van der Waals surface area (Å²) in [5.74, 6) is 1.23. The Morgan fingerprint density at radius 1 is 1.12 bits per heavy atom. The first kappa shape index (κ1) is 17.2. The maximum absolute atomic E-state index is 6.39. The summed E-state index contributed by atoms with van der Waals surface area (Å²) in [4.78, 5) is 4.13. The van der Waals surface area contributed by atoms with Crippen molar-refractivity contribution in [3.8, 4) is 0 Å². The van der Waals surface area contributed by atoms with E-state index in [0.717, 1.165) is 17.1 Å². The number of hydrogen-bond donors (Lipinski definition) is 0. The van der Waals surface area contributed by atoms with Crippen LogP contribution in [0.15, 0.2) is 72.4 Å². The summed E-state index contributed by atoms with van der Waals surface area (Å²) in [5.41, 5.74) is 3.17. The summed E-state index contributed by atoms with van der Waals surface area (Å²) in [5, 5.41) is 7.28. The lowest BCUT2D eigenvalue weighted by atomic mass is 10.0. The molecule has 4 nitrogen and oxygen atoms in total. The average Bonchev–Trinajstić information content (AvgIpc) is 3.14. The van der Waals surface area contributed by atoms with E-state index in [1.807, 2.05) is 47.1 Å². The standard InChI is InChI=1S/C20H21ClN4/c1-15(2)16-8-10-17(11-9-16)24(3)23-20(25-13-12-22-14-25)18-6-4-5-7-19(18)21/h4-15H,1-3H3. The van der Waals surface area contributed by atoms with Gasteiger partial charge in [0.05, 0.1) is 10.7 Å². The number of imidazole rings is 1. The van der Waals surface area contributed by atoms with Gasteiger partial charge in [-0.1, -0.05) is 49.7 Å². The van der Waals surface area contributed by atoms with Crippen molar-refractivity contribution in [3.63, 3.8) is 0 Å². The molecule has 0 radical (unpaired) electrons. The molecule has 0 aliphatic rings. The van der Waals surface area contributed by atoms with Gasteiger partial charge in [0.25, 0.3) is 0 Å². The molecule has 1 heterocycles. The third-order valence-corrected chi connectivity index (χ3v) is 4.37. The van der Waals surface area contributed by atoms with Crippen LogP contribution in [0.4, 0.5) is 5.69 Å². The topological polar surface area (TPSA) is 33.4 Å². The van der Waals surface area contributed by atoms with Crippen LogP contribution in [0.1, 0.15) is 30.9 Å². The van der Waals surface area contributed by atoms with Crippen LogP contribution < -0.4 is 5.01 Å². The fraction of sp³-hybridized carbons (Fsp3) is 0.200. The third-order valence-electron chi connectivity index (χ3n) is 4.04. The van der Waals surface area contributed by atoms with Crippen LogP contribution in [0.25, 0.3) is 0 Å². The third kappa shape index (κ3) is 3.91. The van der Waals surface area contributed by atoms with Crippen LogP contribution in [0, 0.1) is 0 Å². The lowest BCUT2D eigenvalue weighted by Crippen LogP contribution is -2.19. The minimum absolute atomic E-state index is 0.507. The molecule has 0 N–H and O–H groups in total. The van der Waals surface area contributed by atoms with Crippen molar-refractivity contribution < 1.29 is 0 Å². The minimum Gasteiger partial charge on any atom is -0.289 e. The van der Waals surface area contributed by atoms with Gasteiger partial charge in [-0.3, -0.25) is 9.58 Å². The van der Waals surface area contributed by atoms with Gasteiger partial charge in [0.2, 0.25) is 0 Å². The fourth-order valence-electron chi connectivity index (χ4n) is 2.55. The average molecular weight is 353 g/mol. The van der Waals surface area contributed by atoms with Gasteiger partial charge in [0, 0.05) is 25.0 Å². The maximum atomic E-state index is 6.39. The highest BCUT2D eigenvalue weighted by Gasteiger charge is 2.12. The summed E-state index contributed by atoms with van der Waals surface area (Å²) >= 11 is 6.39. The highest BCUT2D eigenvalue weighted by atomic mass is 35.5. The molecule has 3 rings (SSSR count). The van der Waals surface area contributed by atoms with Crippen LogP contribution in [-0.4, -0.2) is 22.4 Å². The number of hydrazone groups is 1. The molecule has 0 spiro atoms. The fourth-order valence-corrected chi connectivity index (χ4v) is 2.77. The van der Waals surface area contributed by atoms with Crippen LogP contribution in [0.2, 0.25) is 5.02 Å². The first-order valence-electron chi connectivity index (χ1n) is 8.22. The van der Waals surface area contributed by atoms with Gasteiger partial charge >= 0.3 is 0 Å². The van der Waals surface area contributed by atoms with E-state index < -0.39 is 0 Å². The van der Waals surface area contributed by atoms with Crippen LogP contribution in [-0.2, 0) is 0 Å². The van der Waals surface area contributed by atoms with Crippen molar-refractivity contribution in [2.45, 2.75) is 19.8 Å². The van der Waals surface area contributed by atoms with Crippen LogP contribution >= 0.6 is 11.6 Å². The van der Waals surface area contributed by atoms with Crippen LogP contribution in [0.5, 0.6) is 0 Å². The molecule has 2 aromatic carbocycles. The van der Waals surface area contributed by atoms with E-state index in [0.29, 0.717) is 10.9 Å². The molecule has 0 fully saturated rings. The van der Waals surface area contributed by atoms with Crippen molar-refractivity contribution in [2.75, 3.05) is 12.1 Å². The predicted molar refractivity (Wildman–Crippen MR) is 105 cm³/mol. The highest BCUT2D eigenvalue weighted by molar-refractivity contribution is 6.34. The summed E-state index contributed by atoms with van der Waals surface area (Å²) in [7, 11) is 1.93. The van der Waals surface area contributed by atoms with E-state index in [-0.39, 0.29) is 0 Å². The number of anilines is 1. The normalized spacial score (nSPS) is 11.8. The highest BCUT2D eigenvalue weighted by Crippen LogP contribution is 2.21. The maximum Gasteiger partial charge on any atom is 0.167 e. The molecule has 0 saturated carbocycles. The smallest absolute Gasteiger partial charge is 0.167 e. The number of hydrogen-bond acceptors (Lipinski definition) is 3. The minimum atomic E-state index is 0.507. The second-order valence-electron chi connectivity index (χ2n) is 6.14. The quantitative estimate of drug-likeness (QED) is 0.376. The molecule has 0 aliphatic carbocycles. The van der Waals surface area contributed by atoms with E-state index >= 15 is 0 Å². The first-order valence-corrected chi connectivity index (χ1v) is 8.59. The zero-order valence-electron chi connectivity index (χ0n) is 14.6. The number of aromatic nitrogens is 2.